The van der Waals surface area contributed by atoms with Gasteiger partial charge in [-0.25, -0.2) is 0 Å². The zero-order valence-electron chi connectivity index (χ0n) is 15.3. The number of aromatic nitrogens is 1. The molecule has 0 aliphatic rings. The lowest BCUT2D eigenvalue weighted by molar-refractivity contribution is 0.574. The van der Waals surface area contributed by atoms with Gasteiger partial charge in [-0.1, -0.05) is 25.8 Å². The highest BCUT2D eigenvalue weighted by Gasteiger charge is 2.00. The molecular formula is C18H33IN4O. The molecule has 0 saturated heterocycles. The van der Waals surface area contributed by atoms with E-state index in [0.717, 1.165) is 57.1 Å². The monoisotopic (exact) mass is 448 g/mol. The normalized spacial score (nSPS) is 11.0. The number of rotatable bonds is 10. The highest BCUT2D eigenvalue weighted by molar-refractivity contribution is 14.0. The maximum absolute atomic E-state index is 11.8. The van der Waals surface area contributed by atoms with Crippen LogP contribution in [0.4, 0.5) is 0 Å². The SMILES string of the molecule is CCCCCN=C(NCC)NCCCCn1c(C)cccc1=O.I. The van der Waals surface area contributed by atoms with E-state index in [9.17, 15) is 4.79 Å². The summed E-state index contributed by atoms with van der Waals surface area (Å²) < 4.78 is 1.84. The van der Waals surface area contributed by atoms with Crippen molar-refractivity contribution in [2.24, 2.45) is 4.99 Å². The van der Waals surface area contributed by atoms with Crippen LogP contribution in [0.15, 0.2) is 28.0 Å². The third-order valence-corrected chi connectivity index (χ3v) is 3.74. The number of guanidine groups is 1. The van der Waals surface area contributed by atoms with Gasteiger partial charge in [-0.15, -0.1) is 24.0 Å². The molecule has 1 rings (SSSR count). The van der Waals surface area contributed by atoms with E-state index in [0.29, 0.717) is 0 Å². The first-order chi connectivity index (χ1) is 11.2. The van der Waals surface area contributed by atoms with E-state index in [4.69, 9.17) is 0 Å². The zero-order chi connectivity index (χ0) is 16.9. The Labute approximate surface area is 163 Å². The van der Waals surface area contributed by atoms with Crippen molar-refractivity contribution in [2.75, 3.05) is 19.6 Å². The number of aliphatic imine (C=N–C) groups is 1. The number of hydrogen-bond acceptors (Lipinski definition) is 2. The minimum absolute atomic E-state index is 0. The van der Waals surface area contributed by atoms with E-state index in [-0.39, 0.29) is 29.5 Å². The van der Waals surface area contributed by atoms with Gasteiger partial charge in [-0.05, 0) is 39.2 Å². The van der Waals surface area contributed by atoms with Crippen LogP contribution in [-0.2, 0) is 6.54 Å². The Morgan fingerprint density at radius 1 is 1.12 bits per heavy atom. The molecule has 1 aromatic heterocycles. The first kappa shape index (κ1) is 22.9. The van der Waals surface area contributed by atoms with Crippen molar-refractivity contribution >= 4 is 29.9 Å². The van der Waals surface area contributed by atoms with Gasteiger partial charge in [0.2, 0.25) is 0 Å². The molecule has 1 heterocycles. The van der Waals surface area contributed by atoms with Gasteiger partial charge in [0.05, 0.1) is 0 Å². The molecule has 5 nitrogen and oxygen atoms in total. The summed E-state index contributed by atoms with van der Waals surface area (Å²) in [5.74, 6) is 0.900. The molecule has 6 heteroatoms. The molecule has 138 valence electrons. The predicted molar refractivity (Wildman–Crippen MR) is 114 cm³/mol. The lowest BCUT2D eigenvalue weighted by Gasteiger charge is -2.12. The summed E-state index contributed by atoms with van der Waals surface area (Å²) >= 11 is 0. The van der Waals surface area contributed by atoms with Gasteiger partial charge in [-0.2, -0.15) is 0 Å². The first-order valence-corrected chi connectivity index (χ1v) is 8.87. The molecule has 0 aromatic carbocycles. The maximum Gasteiger partial charge on any atom is 0.250 e. The second-order valence-corrected chi connectivity index (χ2v) is 5.76. The Kier molecular flexibility index (Phi) is 13.7. The molecule has 0 aliphatic carbocycles. The van der Waals surface area contributed by atoms with Gasteiger partial charge in [-0.3, -0.25) is 9.79 Å². The Bertz CT molecular complexity index is 528. The highest BCUT2D eigenvalue weighted by atomic mass is 127. The number of hydrogen-bond donors (Lipinski definition) is 2. The average molecular weight is 448 g/mol. The predicted octanol–water partition coefficient (Wildman–Crippen LogP) is 3.30. The molecule has 0 fully saturated rings. The standard InChI is InChI=1S/C18H32N4O.HI/c1-4-6-7-13-20-18(19-5-2)21-14-8-9-15-22-16(3)11-10-12-17(22)23;/h10-12H,4-9,13-15H2,1-3H3,(H2,19,20,21);1H. The lowest BCUT2D eigenvalue weighted by Crippen LogP contribution is -2.38. The van der Waals surface area contributed by atoms with E-state index in [2.05, 4.69) is 29.5 Å². The molecule has 24 heavy (non-hydrogen) atoms. The number of nitrogens with zero attached hydrogens (tertiary/aromatic N) is 2. The van der Waals surface area contributed by atoms with Gasteiger partial charge < -0.3 is 15.2 Å². The van der Waals surface area contributed by atoms with E-state index >= 15 is 0 Å². The summed E-state index contributed by atoms with van der Waals surface area (Å²) in [4.78, 5) is 16.4. The average Bonchev–Trinajstić information content (AvgIpc) is 2.53. The third-order valence-electron chi connectivity index (χ3n) is 3.74. The molecule has 0 saturated carbocycles. The summed E-state index contributed by atoms with van der Waals surface area (Å²) in [6, 6.07) is 5.41. The fourth-order valence-corrected chi connectivity index (χ4v) is 2.41. The summed E-state index contributed by atoms with van der Waals surface area (Å²) in [6.07, 6.45) is 5.59. The minimum Gasteiger partial charge on any atom is -0.357 e. The van der Waals surface area contributed by atoms with Crippen LogP contribution in [0.5, 0.6) is 0 Å². The van der Waals surface area contributed by atoms with Crippen LogP contribution in [0.1, 0.15) is 51.6 Å². The summed E-state index contributed by atoms with van der Waals surface area (Å²) in [6.45, 7) is 9.66. The number of unbranched alkanes of at least 4 members (excludes halogenated alkanes) is 3. The fraction of sp³-hybridized carbons (Fsp3) is 0.667. The van der Waals surface area contributed by atoms with Crippen LogP contribution in [0, 0.1) is 6.92 Å². The van der Waals surface area contributed by atoms with Crippen LogP contribution in [0.25, 0.3) is 0 Å². The lowest BCUT2D eigenvalue weighted by atomic mass is 10.2. The summed E-state index contributed by atoms with van der Waals surface area (Å²) in [5.41, 5.74) is 1.11. The van der Waals surface area contributed by atoms with Crippen LogP contribution in [0.2, 0.25) is 0 Å². The van der Waals surface area contributed by atoms with Gasteiger partial charge in [0.15, 0.2) is 5.96 Å². The molecular weight excluding hydrogens is 415 g/mol. The van der Waals surface area contributed by atoms with Gasteiger partial charge in [0, 0.05) is 37.9 Å². The molecule has 0 bridgehead atoms. The van der Waals surface area contributed by atoms with Crippen LogP contribution in [-0.4, -0.2) is 30.2 Å². The van der Waals surface area contributed by atoms with Crippen molar-refractivity contribution in [1.82, 2.24) is 15.2 Å². The third kappa shape index (κ3) is 9.30. The van der Waals surface area contributed by atoms with Crippen LogP contribution >= 0.6 is 24.0 Å². The Hall–Kier alpha value is -1.05. The smallest absolute Gasteiger partial charge is 0.250 e. The van der Waals surface area contributed by atoms with E-state index in [1.54, 1.807) is 6.07 Å². The number of aryl methyl sites for hydroxylation is 1. The Balaban J connectivity index is 0.00000529. The fourth-order valence-electron chi connectivity index (χ4n) is 2.41. The van der Waals surface area contributed by atoms with Crippen molar-refractivity contribution in [1.29, 1.82) is 0 Å². The Morgan fingerprint density at radius 3 is 2.58 bits per heavy atom. The second kappa shape index (κ2) is 14.3. The van der Waals surface area contributed by atoms with Crippen molar-refractivity contribution in [2.45, 2.75) is 59.4 Å². The summed E-state index contributed by atoms with van der Waals surface area (Å²) in [7, 11) is 0. The number of nitrogens with one attached hydrogen (secondary N) is 2. The first-order valence-electron chi connectivity index (χ1n) is 8.87. The molecule has 0 amide bonds. The molecule has 0 spiro atoms. The molecule has 0 radical (unpaired) electrons. The Morgan fingerprint density at radius 2 is 1.92 bits per heavy atom. The van der Waals surface area contributed by atoms with Crippen molar-refractivity contribution in [3.63, 3.8) is 0 Å². The van der Waals surface area contributed by atoms with Crippen LogP contribution < -0.4 is 16.2 Å². The zero-order valence-corrected chi connectivity index (χ0v) is 17.6. The summed E-state index contributed by atoms with van der Waals surface area (Å²) in [5, 5.41) is 6.63. The number of halogens is 1. The van der Waals surface area contributed by atoms with Crippen molar-refractivity contribution in [3.05, 3.63) is 34.2 Å². The number of pyridine rings is 1. The molecule has 2 N–H and O–H groups in total. The molecule has 0 unspecified atom stereocenters. The van der Waals surface area contributed by atoms with E-state index < -0.39 is 0 Å². The van der Waals surface area contributed by atoms with Crippen molar-refractivity contribution < 1.29 is 0 Å². The van der Waals surface area contributed by atoms with Crippen molar-refractivity contribution in [3.8, 4) is 0 Å². The maximum atomic E-state index is 11.8. The molecule has 1 aromatic rings. The van der Waals surface area contributed by atoms with E-state index in [1.807, 2.05) is 23.6 Å². The minimum atomic E-state index is 0. The molecule has 0 atom stereocenters. The van der Waals surface area contributed by atoms with Crippen LogP contribution in [0.3, 0.4) is 0 Å². The largest absolute Gasteiger partial charge is 0.357 e. The molecule has 0 aliphatic heterocycles. The van der Waals surface area contributed by atoms with Gasteiger partial charge >= 0.3 is 0 Å². The van der Waals surface area contributed by atoms with E-state index in [1.165, 1.54) is 12.8 Å². The van der Waals surface area contributed by atoms with Gasteiger partial charge in [0.1, 0.15) is 0 Å². The topological polar surface area (TPSA) is 58.4 Å². The second-order valence-electron chi connectivity index (χ2n) is 5.76. The highest BCUT2D eigenvalue weighted by Crippen LogP contribution is 1.98. The van der Waals surface area contributed by atoms with Gasteiger partial charge in [0.25, 0.3) is 5.56 Å². The quantitative estimate of drug-likeness (QED) is 0.250.